The van der Waals surface area contributed by atoms with Crippen molar-refractivity contribution >= 4 is 34.8 Å². The molecule has 1 heterocycles. The number of halogens is 3. The fraction of sp³-hybridized carbons (Fsp3) is 0.440. The highest BCUT2D eigenvalue weighted by molar-refractivity contribution is 6.37. The van der Waals surface area contributed by atoms with Crippen LogP contribution < -0.4 is 9.47 Å². The van der Waals surface area contributed by atoms with Crippen molar-refractivity contribution in [3.63, 3.8) is 0 Å². The molecule has 0 saturated carbocycles. The van der Waals surface area contributed by atoms with Crippen LogP contribution in [-0.2, 0) is 10.2 Å². The topological polar surface area (TPSA) is 51.2 Å². The molecule has 2 aromatic carbocycles. The summed E-state index contributed by atoms with van der Waals surface area (Å²) in [4.78, 5) is 2.18. The second-order valence-electron chi connectivity index (χ2n) is 8.47. The molecule has 2 aromatic rings. The van der Waals surface area contributed by atoms with E-state index in [1.165, 1.54) is 5.54 Å². The lowest BCUT2D eigenvalue weighted by molar-refractivity contribution is 0.00465. The zero-order chi connectivity index (χ0) is 23.8. The van der Waals surface area contributed by atoms with Crippen molar-refractivity contribution in [3.8, 4) is 11.5 Å². The highest BCUT2D eigenvalue weighted by Crippen LogP contribution is 2.40. The second-order valence-corrected chi connectivity index (χ2v) is 9.54. The van der Waals surface area contributed by atoms with Gasteiger partial charge in [0.05, 0.1) is 23.3 Å². The number of rotatable bonds is 10. The van der Waals surface area contributed by atoms with E-state index >= 15 is 0 Å². The molecule has 0 aliphatic carbocycles. The molecular weight excluding hydrogens is 485 g/mol. The number of nitrogens with zero attached hydrogens (tertiary/aromatic N) is 1. The van der Waals surface area contributed by atoms with Gasteiger partial charge in [-0.1, -0.05) is 60.8 Å². The summed E-state index contributed by atoms with van der Waals surface area (Å²) in [6.07, 6.45) is 1.11. The number of hydrogen-bond donors (Lipinski definition) is 1. The van der Waals surface area contributed by atoms with Crippen LogP contribution in [0, 0.1) is 0 Å². The van der Waals surface area contributed by atoms with Crippen LogP contribution in [0.1, 0.15) is 25.0 Å². The summed E-state index contributed by atoms with van der Waals surface area (Å²) in [5.74, 6) is 1.15. The predicted molar refractivity (Wildman–Crippen MR) is 134 cm³/mol. The molecule has 1 aliphatic rings. The molecule has 1 aliphatic heterocycles. The third-order valence-electron chi connectivity index (χ3n) is 5.72. The summed E-state index contributed by atoms with van der Waals surface area (Å²) in [6.45, 7) is 8.42. The standard InChI is InChI=1S/C25H30Cl3NO4/c1-25(2,19-14-22(27)24(23(28)15-19)32-11-3-8-26)18-4-6-21(7-5-18)33-17-20(30)16-29-9-12-31-13-10-29/h3-8,14-15,20,30H,9-13,16-17H2,1-2H3/b8-3+/t20-/m1/s1. The molecular formula is C25H30Cl3NO4. The van der Waals surface area contributed by atoms with Crippen molar-refractivity contribution in [2.24, 2.45) is 0 Å². The normalized spacial score (nSPS) is 16.2. The van der Waals surface area contributed by atoms with Crippen molar-refractivity contribution in [2.75, 3.05) is 46.1 Å². The Bertz CT molecular complexity index is 905. The average Bonchev–Trinajstić information content (AvgIpc) is 2.80. The molecule has 1 atom stereocenters. The molecule has 0 radical (unpaired) electrons. The summed E-state index contributed by atoms with van der Waals surface area (Å²) in [7, 11) is 0. The van der Waals surface area contributed by atoms with Gasteiger partial charge in [-0.25, -0.2) is 0 Å². The lowest BCUT2D eigenvalue weighted by Crippen LogP contribution is -2.42. The quantitative estimate of drug-likeness (QED) is 0.452. The summed E-state index contributed by atoms with van der Waals surface area (Å²) in [5.41, 5.74) is 3.08. The van der Waals surface area contributed by atoms with Crippen molar-refractivity contribution in [1.29, 1.82) is 0 Å². The fourth-order valence-corrected chi connectivity index (χ4v) is 4.36. The fourth-order valence-electron chi connectivity index (χ4n) is 3.69. The Balaban J connectivity index is 1.63. The Morgan fingerprint density at radius 3 is 2.30 bits per heavy atom. The van der Waals surface area contributed by atoms with E-state index in [0.29, 0.717) is 41.3 Å². The number of aliphatic hydroxyl groups is 1. The van der Waals surface area contributed by atoms with E-state index in [4.69, 9.17) is 49.0 Å². The molecule has 3 rings (SSSR count). The van der Waals surface area contributed by atoms with Crippen molar-refractivity contribution in [1.82, 2.24) is 4.90 Å². The van der Waals surface area contributed by atoms with Gasteiger partial charge in [-0.05, 0) is 41.5 Å². The van der Waals surface area contributed by atoms with Crippen LogP contribution in [0.25, 0.3) is 0 Å². The highest BCUT2D eigenvalue weighted by atomic mass is 35.5. The van der Waals surface area contributed by atoms with Gasteiger partial charge in [0, 0.05) is 30.6 Å². The molecule has 5 nitrogen and oxygen atoms in total. The average molecular weight is 515 g/mol. The zero-order valence-corrected chi connectivity index (χ0v) is 21.2. The monoisotopic (exact) mass is 513 g/mol. The summed E-state index contributed by atoms with van der Waals surface area (Å²) in [5, 5.41) is 11.2. The molecule has 0 bridgehead atoms. The molecule has 0 spiro atoms. The van der Waals surface area contributed by atoms with Crippen molar-refractivity contribution in [2.45, 2.75) is 25.4 Å². The highest BCUT2D eigenvalue weighted by Gasteiger charge is 2.26. The lowest BCUT2D eigenvalue weighted by atomic mass is 9.78. The van der Waals surface area contributed by atoms with E-state index in [-0.39, 0.29) is 18.6 Å². The van der Waals surface area contributed by atoms with Crippen molar-refractivity contribution in [3.05, 3.63) is 69.2 Å². The molecule has 0 unspecified atom stereocenters. The van der Waals surface area contributed by atoms with Crippen LogP contribution in [-0.4, -0.2) is 62.2 Å². The first-order valence-electron chi connectivity index (χ1n) is 10.9. The van der Waals surface area contributed by atoms with Gasteiger partial charge in [0.2, 0.25) is 0 Å². The van der Waals surface area contributed by atoms with E-state index < -0.39 is 6.10 Å². The van der Waals surface area contributed by atoms with Gasteiger partial charge in [-0.2, -0.15) is 0 Å². The first-order valence-corrected chi connectivity index (χ1v) is 12.1. The van der Waals surface area contributed by atoms with Crippen LogP contribution in [0.2, 0.25) is 10.0 Å². The van der Waals surface area contributed by atoms with Gasteiger partial charge in [-0.15, -0.1) is 0 Å². The zero-order valence-electron chi connectivity index (χ0n) is 18.9. The summed E-state index contributed by atoms with van der Waals surface area (Å²) < 4.78 is 16.7. The Hall–Kier alpha value is -1.47. The van der Waals surface area contributed by atoms with Crippen LogP contribution in [0.5, 0.6) is 11.5 Å². The third kappa shape index (κ3) is 7.25. The number of aliphatic hydroxyl groups excluding tert-OH is 1. The molecule has 1 saturated heterocycles. The molecule has 0 amide bonds. The minimum absolute atomic E-state index is 0.242. The molecule has 0 aromatic heterocycles. The molecule has 1 N–H and O–H groups in total. The van der Waals surface area contributed by atoms with Gasteiger partial charge in [-0.3, -0.25) is 4.90 Å². The van der Waals surface area contributed by atoms with Gasteiger partial charge in [0.25, 0.3) is 0 Å². The Morgan fingerprint density at radius 1 is 1.06 bits per heavy atom. The number of morpholine rings is 1. The van der Waals surface area contributed by atoms with Crippen LogP contribution in [0.3, 0.4) is 0 Å². The maximum atomic E-state index is 10.3. The molecule has 8 heteroatoms. The SMILES string of the molecule is CC(C)(c1ccc(OC[C@H](O)CN2CCOCC2)cc1)c1cc(Cl)c(OC/C=C/Cl)c(Cl)c1. The van der Waals surface area contributed by atoms with E-state index in [9.17, 15) is 5.11 Å². The first kappa shape index (κ1) is 26.1. The Labute approximate surface area is 210 Å². The first-order chi connectivity index (χ1) is 15.8. The second kappa shape index (κ2) is 12.3. The Morgan fingerprint density at radius 2 is 1.70 bits per heavy atom. The largest absolute Gasteiger partial charge is 0.491 e. The summed E-state index contributed by atoms with van der Waals surface area (Å²) >= 11 is 18.4. The minimum Gasteiger partial charge on any atom is -0.491 e. The smallest absolute Gasteiger partial charge is 0.156 e. The number of β-amino-alcohol motifs (C(OH)–C–C–N with tert-alkyl or cyclic N) is 1. The predicted octanol–water partition coefficient (Wildman–Crippen LogP) is 5.52. The van der Waals surface area contributed by atoms with Crippen LogP contribution in [0.4, 0.5) is 0 Å². The van der Waals surface area contributed by atoms with E-state index in [0.717, 1.165) is 24.2 Å². The lowest BCUT2D eigenvalue weighted by Gasteiger charge is -2.28. The summed E-state index contributed by atoms with van der Waals surface area (Å²) in [6, 6.07) is 11.6. The maximum absolute atomic E-state index is 10.3. The van der Waals surface area contributed by atoms with E-state index in [2.05, 4.69) is 18.7 Å². The molecule has 180 valence electrons. The third-order valence-corrected chi connectivity index (χ3v) is 6.46. The number of benzene rings is 2. The van der Waals surface area contributed by atoms with Crippen LogP contribution >= 0.6 is 34.8 Å². The van der Waals surface area contributed by atoms with Crippen molar-refractivity contribution < 1.29 is 19.3 Å². The van der Waals surface area contributed by atoms with E-state index in [1.807, 2.05) is 36.4 Å². The van der Waals surface area contributed by atoms with Gasteiger partial charge in [0.15, 0.2) is 5.75 Å². The van der Waals surface area contributed by atoms with Crippen LogP contribution in [0.15, 0.2) is 48.0 Å². The molecule has 33 heavy (non-hydrogen) atoms. The van der Waals surface area contributed by atoms with E-state index in [1.54, 1.807) is 6.08 Å². The Kier molecular flexibility index (Phi) is 9.74. The molecule has 1 fully saturated rings. The minimum atomic E-state index is -0.552. The maximum Gasteiger partial charge on any atom is 0.156 e. The van der Waals surface area contributed by atoms with Gasteiger partial charge < -0.3 is 19.3 Å². The van der Waals surface area contributed by atoms with Gasteiger partial charge >= 0.3 is 0 Å². The number of ether oxygens (including phenoxy) is 3. The van der Waals surface area contributed by atoms with Gasteiger partial charge in [0.1, 0.15) is 25.1 Å². The number of hydrogen-bond acceptors (Lipinski definition) is 5.